The van der Waals surface area contributed by atoms with E-state index in [9.17, 15) is 0 Å². The maximum atomic E-state index is 6.78. The van der Waals surface area contributed by atoms with Crippen molar-refractivity contribution in [2.24, 2.45) is 0 Å². The van der Waals surface area contributed by atoms with Crippen molar-refractivity contribution in [3.05, 3.63) is 182 Å². The van der Waals surface area contributed by atoms with E-state index in [1.807, 2.05) is 42.5 Å². The first-order valence-corrected chi connectivity index (χ1v) is 20.1. The lowest BCUT2D eigenvalue weighted by atomic mass is 9.91. The third-order valence-corrected chi connectivity index (χ3v) is 12.2. The molecule has 0 fully saturated rings. The van der Waals surface area contributed by atoms with Gasteiger partial charge in [0.2, 0.25) is 0 Å². The van der Waals surface area contributed by atoms with Crippen LogP contribution in [0.3, 0.4) is 0 Å². The van der Waals surface area contributed by atoms with Crippen LogP contribution < -0.4 is 0 Å². The molecular weight excluding hydrogens is 729 g/mol. The van der Waals surface area contributed by atoms with Crippen molar-refractivity contribution in [1.29, 1.82) is 0 Å². The van der Waals surface area contributed by atoms with E-state index < -0.39 is 0 Å². The molecule has 0 N–H and O–H groups in total. The molecule has 0 radical (unpaired) electrons. The van der Waals surface area contributed by atoms with Crippen molar-refractivity contribution < 1.29 is 4.42 Å². The fraction of sp³-hybridized carbons (Fsp3) is 0. The number of aromatic nitrogens is 4. The van der Waals surface area contributed by atoms with Gasteiger partial charge in [-0.25, -0.2) is 19.9 Å². The lowest BCUT2D eigenvalue weighted by Crippen LogP contribution is -2.00. The molecule has 8 aromatic carbocycles. The summed E-state index contributed by atoms with van der Waals surface area (Å²) in [6.45, 7) is 0. The van der Waals surface area contributed by atoms with E-state index in [1.54, 1.807) is 11.3 Å². The SMILES string of the molecule is c1ccc(-c2nc(-c3ccc(-c4cc5c(-c6ccccc6)nc6ccccc6c5c5c4oc4ccccc45)cc3)nc(-c3ccc4c(c3)sc3ccccc34)n2)cc1. The molecule has 0 unspecified atom stereocenters. The number of furan rings is 1. The van der Waals surface area contributed by atoms with Crippen LogP contribution in [-0.4, -0.2) is 19.9 Å². The monoisotopic (exact) mass is 758 g/mol. The number of rotatable bonds is 5. The van der Waals surface area contributed by atoms with E-state index in [0.29, 0.717) is 17.5 Å². The number of benzene rings is 8. The van der Waals surface area contributed by atoms with Crippen LogP contribution in [0.5, 0.6) is 0 Å². The van der Waals surface area contributed by atoms with Gasteiger partial charge in [0.25, 0.3) is 0 Å². The highest BCUT2D eigenvalue weighted by Gasteiger charge is 2.22. The quantitative estimate of drug-likeness (QED) is 0.164. The molecule has 12 aromatic rings. The number of nitrogens with zero attached hydrogens (tertiary/aromatic N) is 4. The van der Waals surface area contributed by atoms with Gasteiger partial charge in [-0.1, -0.05) is 152 Å². The Hall–Kier alpha value is -7.54. The Bertz CT molecular complexity index is 3560. The van der Waals surface area contributed by atoms with Gasteiger partial charge in [-0.3, -0.25) is 0 Å². The Morgan fingerprint density at radius 1 is 0.362 bits per heavy atom. The molecule has 0 aliphatic heterocycles. The summed E-state index contributed by atoms with van der Waals surface area (Å²) in [6, 6.07) is 63.1. The number of fused-ring (bicyclic) bond motifs is 10. The summed E-state index contributed by atoms with van der Waals surface area (Å²) >= 11 is 1.79. The molecule has 270 valence electrons. The summed E-state index contributed by atoms with van der Waals surface area (Å²) in [5.74, 6) is 1.88. The van der Waals surface area contributed by atoms with Crippen LogP contribution in [0.25, 0.3) is 120 Å². The van der Waals surface area contributed by atoms with Crippen LogP contribution in [0.2, 0.25) is 0 Å². The highest BCUT2D eigenvalue weighted by molar-refractivity contribution is 7.25. The van der Waals surface area contributed by atoms with Crippen molar-refractivity contribution in [1.82, 2.24) is 19.9 Å². The predicted octanol–water partition coefficient (Wildman–Crippen LogP) is 14.2. The molecule has 0 amide bonds. The van der Waals surface area contributed by atoms with Crippen molar-refractivity contribution in [2.45, 2.75) is 0 Å². The van der Waals surface area contributed by atoms with Crippen LogP contribution >= 0.6 is 11.3 Å². The van der Waals surface area contributed by atoms with E-state index in [-0.39, 0.29) is 0 Å². The van der Waals surface area contributed by atoms with E-state index in [4.69, 9.17) is 24.4 Å². The Morgan fingerprint density at radius 2 is 0.931 bits per heavy atom. The first kappa shape index (κ1) is 32.7. The molecule has 58 heavy (non-hydrogen) atoms. The van der Waals surface area contributed by atoms with Crippen LogP contribution in [0.4, 0.5) is 0 Å². The zero-order valence-electron chi connectivity index (χ0n) is 30.9. The fourth-order valence-electron chi connectivity index (χ4n) is 8.37. The molecule has 0 bridgehead atoms. The van der Waals surface area contributed by atoms with Crippen molar-refractivity contribution in [2.75, 3.05) is 0 Å². The molecule has 6 heteroatoms. The second kappa shape index (κ2) is 13.0. The molecule has 0 aliphatic rings. The Morgan fingerprint density at radius 3 is 1.71 bits per heavy atom. The fourth-order valence-corrected chi connectivity index (χ4v) is 9.52. The Labute approximate surface area is 336 Å². The number of para-hydroxylation sites is 2. The van der Waals surface area contributed by atoms with Gasteiger partial charge < -0.3 is 4.42 Å². The van der Waals surface area contributed by atoms with E-state index >= 15 is 0 Å². The summed E-state index contributed by atoms with van der Waals surface area (Å²) in [5, 5.41) is 8.00. The molecule has 12 rings (SSSR count). The molecule has 0 aliphatic carbocycles. The molecule has 0 spiro atoms. The largest absolute Gasteiger partial charge is 0.455 e. The van der Waals surface area contributed by atoms with Gasteiger partial charge in [0.1, 0.15) is 11.2 Å². The summed E-state index contributed by atoms with van der Waals surface area (Å²) in [7, 11) is 0. The molecule has 5 nitrogen and oxygen atoms in total. The smallest absolute Gasteiger partial charge is 0.164 e. The first-order valence-electron chi connectivity index (χ1n) is 19.3. The van der Waals surface area contributed by atoms with Crippen molar-refractivity contribution in [3.8, 4) is 56.5 Å². The minimum Gasteiger partial charge on any atom is -0.455 e. The van der Waals surface area contributed by atoms with Crippen molar-refractivity contribution >= 4 is 75.1 Å². The number of thiophene rings is 1. The third-order valence-electron chi connectivity index (χ3n) is 11.1. The lowest BCUT2D eigenvalue weighted by Gasteiger charge is -2.14. The van der Waals surface area contributed by atoms with E-state index in [2.05, 4.69) is 140 Å². The summed E-state index contributed by atoms with van der Waals surface area (Å²) in [5.41, 5.74) is 9.47. The second-order valence-corrected chi connectivity index (χ2v) is 15.6. The molecule has 4 heterocycles. The summed E-state index contributed by atoms with van der Waals surface area (Å²) in [4.78, 5) is 20.5. The molecule has 0 saturated heterocycles. The summed E-state index contributed by atoms with van der Waals surface area (Å²) < 4.78 is 9.25. The second-order valence-electron chi connectivity index (χ2n) is 14.6. The minimum atomic E-state index is 0.612. The maximum Gasteiger partial charge on any atom is 0.164 e. The average Bonchev–Trinajstić information content (AvgIpc) is 3.87. The first-order chi connectivity index (χ1) is 28.7. The van der Waals surface area contributed by atoms with Gasteiger partial charge in [0.05, 0.1) is 11.2 Å². The standard InChI is InChI=1S/C52H30N4OS/c1-3-13-32(14-4-1)48-41-30-40(49-47(39-19-8-11-21-43(39)57-49)46(41)38-18-7-10-20-42(38)53-48)31-23-25-34(26-24-31)51-54-50(33-15-5-2-6-16-33)55-52(56-51)35-27-28-37-36-17-9-12-22-44(36)58-45(37)29-35/h1-30H. The Kier molecular flexibility index (Phi) is 7.33. The summed E-state index contributed by atoms with van der Waals surface area (Å²) in [6.07, 6.45) is 0. The highest BCUT2D eigenvalue weighted by atomic mass is 32.1. The van der Waals surface area contributed by atoms with Crippen LogP contribution in [-0.2, 0) is 0 Å². The van der Waals surface area contributed by atoms with E-state index in [0.717, 1.165) is 82.7 Å². The van der Waals surface area contributed by atoms with Gasteiger partial charge in [-0.2, -0.15) is 0 Å². The average molecular weight is 759 g/mol. The highest BCUT2D eigenvalue weighted by Crippen LogP contribution is 2.46. The van der Waals surface area contributed by atoms with Gasteiger partial charge in [0, 0.05) is 74.9 Å². The molecular formula is C52H30N4OS. The Balaban J connectivity index is 1.05. The predicted molar refractivity (Wildman–Crippen MR) is 240 cm³/mol. The number of hydrogen-bond acceptors (Lipinski definition) is 6. The zero-order chi connectivity index (χ0) is 38.2. The molecule has 4 aromatic heterocycles. The van der Waals surface area contributed by atoms with Gasteiger partial charge >= 0.3 is 0 Å². The van der Waals surface area contributed by atoms with E-state index in [1.165, 1.54) is 20.2 Å². The van der Waals surface area contributed by atoms with Gasteiger partial charge in [0.15, 0.2) is 17.5 Å². The van der Waals surface area contributed by atoms with Crippen LogP contribution in [0.15, 0.2) is 186 Å². The number of hydrogen-bond donors (Lipinski definition) is 0. The molecule has 0 atom stereocenters. The zero-order valence-corrected chi connectivity index (χ0v) is 31.7. The van der Waals surface area contributed by atoms with Gasteiger partial charge in [-0.05, 0) is 35.9 Å². The van der Waals surface area contributed by atoms with Crippen molar-refractivity contribution in [3.63, 3.8) is 0 Å². The molecule has 0 saturated carbocycles. The van der Waals surface area contributed by atoms with Crippen LogP contribution in [0.1, 0.15) is 0 Å². The van der Waals surface area contributed by atoms with Crippen LogP contribution in [0, 0.1) is 0 Å². The normalized spacial score (nSPS) is 11.8. The minimum absolute atomic E-state index is 0.612. The number of pyridine rings is 1. The van der Waals surface area contributed by atoms with Gasteiger partial charge in [-0.15, -0.1) is 11.3 Å². The maximum absolute atomic E-state index is 6.78. The topological polar surface area (TPSA) is 64.7 Å². The lowest BCUT2D eigenvalue weighted by molar-refractivity contribution is 0.670. The third kappa shape index (κ3) is 5.23.